The molecule has 1 aliphatic heterocycles. The van der Waals surface area contributed by atoms with Gasteiger partial charge in [-0.15, -0.1) is 0 Å². The van der Waals surface area contributed by atoms with Crippen LogP contribution in [-0.2, 0) is 0 Å². The number of nitrogens with zero attached hydrogens (tertiary/aromatic N) is 2. The summed E-state index contributed by atoms with van der Waals surface area (Å²) in [6.45, 7) is 2.03. The van der Waals surface area contributed by atoms with Gasteiger partial charge in [0.2, 0.25) is 0 Å². The summed E-state index contributed by atoms with van der Waals surface area (Å²) in [7, 11) is 0. The van der Waals surface area contributed by atoms with Crippen LogP contribution in [0.1, 0.15) is 23.2 Å². The fourth-order valence-electron chi connectivity index (χ4n) is 2.86. The zero-order chi connectivity index (χ0) is 15.5. The Morgan fingerprint density at radius 3 is 2.77 bits per heavy atom. The Bertz CT molecular complexity index is 662. The van der Waals surface area contributed by atoms with E-state index in [0.717, 1.165) is 12.8 Å². The maximum Gasteiger partial charge on any atom is 0.257 e. The smallest absolute Gasteiger partial charge is 0.257 e. The van der Waals surface area contributed by atoms with Crippen molar-refractivity contribution < 1.29 is 9.18 Å². The number of carbonyl (C=O) groups excluding carboxylic acids is 1. The molecule has 0 saturated carbocycles. The van der Waals surface area contributed by atoms with Crippen LogP contribution in [-0.4, -0.2) is 40.6 Å². The van der Waals surface area contributed by atoms with Crippen LogP contribution < -0.4 is 5.73 Å². The van der Waals surface area contributed by atoms with Gasteiger partial charge in [0.25, 0.3) is 5.91 Å². The summed E-state index contributed by atoms with van der Waals surface area (Å²) in [6.07, 6.45) is 3.30. The van der Waals surface area contributed by atoms with E-state index in [1.165, 1.54) is 12.3 Å². The van der Waals surface area contributed by atoms with Crippen molar-refractivity contribution in [1.82, 2.24) is 15.1 Å². The molecule has 0 atom stereocenters. The number of H-pyrrole nitrogens is 1. The molecule has 1 amide bonds. The van der Waals surface area contributed by atoms with E-state index in [2.05, 4.69) is 10.2 Å². The molecule has 0 spiro atoms. The van der Waals surface area contributed by atoms with Crippen LogP contribution in [0.15, 0.2) is 30.5 Å². The summed E-state index contributed by atoms with van der Waals surface area (Å²) in [4.78, 5) is 14.5. The number of aromatic nitrogens is 2. The Hall–Kier alpha value is -2.21. The SMILES string of the molecule is NCC1CCN(C(=O)c2cn[nH]c2-c2ccccc2F)CC1. The molecule has 0 radical (unpaired) electrons. The van der Waals surface area contributed by atoms with Gasteiger partial charge in [-0.05, 0) is 37.4 Å². The number of likely N-dealkylation sites (tertiary alicyclic amines) is 1. The number of halogens is 1. The van der Waals surface area contributed by atoms with Gasteiger partial charge in [0, 0.05) is 18.7 Å². The van der Waals surface area contributed by atoms with Crippen LogP contribution in [0.4, 0.5) is 4.39 Å². The monoisotopic (exact) mass is 302 g/mol. The van der Waals surface area contributed by atoms with Crippen molar-refractivity contribution in [2.45, 2.75) is 12.8 Å². The molecular weight excluding hydrogens is 283 g/mol. The van der Waals surface area contributed by atoms with E-state index in [0.29, 0.717) is 42.4 Å². The minimum Gasteiger partial charge on any atom is -0.339 e. The molecule has 1 fully saturated rings. The van der Waals surface area contributed by atoms with Gasteiger partial charge in [-0.2, -0.15) is 5.10 Å². The first-order chi connectivity index (χ1) is 10.7. The molecule has 1 saturated heterocycles. The van der Waals surface area contributed by atoms with E-state index in [1.807, 2.05) is 0 Å². The lowest BCUT2D eigenvalue weighted by atomic mass is 9.96. The molecule has 3 rings (SSSR count). The maximum atomic E-state index is 13.9. The van der Waals surface area contributed by atoms with E-state index >= 15 is 0 Å². The second-order valence-electron chi connectivity index (χ2n) is 5.61. The molecule has 3 N–H and O–H groups in total. The molecule has 1 aliphatic rings. The fraction of sp³-hybridized carbons (Fsp3) is 0.375. The molecule has 0 unspecified atom stereocenters. The maximum absolute atomic E-state index is 13.9. The summed E-state index contributed by atoms with van der Waals surface area (Å²) in [5, 5.41) is 6.67. The van der Waals surface area contributed by atoms with Crippen LogP contribution in [0.3, 0.4) is 0 Å². The third-order valence-corrected chi connectivity index (χ3v) is 4.25. The summed E-state index contributed by atoms with van der Waals surface area (Å²) in [6, 6.07) is 6.37. The van der Waals surface area contributed by atoms with Crippen LogP contribution in [0.2, 0.25) is 0 Å². The Kier molecular flexibility index (Phi) is 4.20. The lowest BCUT2D eigenvalue weighted by Gasteiger charge is -2.31. The summed E-state index contributed by atoms with van der Waals surface area (Å²) >= 11 is 0. The third-order valence-electron chi connectivity index (χ3n) is 4.25. The number of aromatic amines is 1. The molecule has 22 heavy (non-hydrogen) atoms. The van der Waals surface area contributed by atoms with Crippen LogP contribution in [0, 0.1) is 11.7 Å². The quantitative estimate of drug-likeness (QED) is 0.911. The van der Waals surface area contributed by atoms with Crippen molar-refractivity contribution in [1.29, 1.82) is 0 Å². The lowest BCUT2D eigenvalue weighted by molar-refractivity contribution is 0.0694. The topological polar surface area (TPSA) is 75.0 Å². The van der Waals surface area contributed by atoms with Crippen molar-refractivity contribution in [2.75, 3.05) is 19.6 Å². The molecule has 1 aromatic heterocycles. The van der Waals surface area contributed by atoms with Crippen molar-refractivity contribution >= 4 is 5.91 Å². The van der Waals surface area contributed by atoms with E-state index in [4.69, 9.17) is 5.73 Å². The van der Waals surface area contributed by atoms with Gasteiger partial charge in [0.05, 0.1) is 17.5 Å². The molecule has 5 nitrogen and oxygen atoms in total. The predicted octanol–water partition coefficient (Wildman–Crippen LogP) is 2.03. The van der Waals surface area contributed by atoms with E-state index < -0.39 is 0 Å². The molecule has 116 valence electrons. The van der Waals surface area contributed by atoms with Gasteiger partial charge < -0.3 is 10.6 Å². The molecule has 1 aromatic carbocycles. The number of piperidine rings is 1. The highest BCUT2D eigenvalue weighted by atomic mass is 19.1. The first-order valence-corrected chi connectivity index (χ1v) is 7.48. The molecule has 0 aliphatic carbocycles. The molecule has 6 heteroatoms. The zero-order valence-electron chi connectivity index (χ0n) is 12.3. The van der Waals surface area contributed by atoms with Crippen molar-refractivity contribution in [3.8, 4) is 11.3 Å². The van der Waals surface area contributed by atoms with Gasteiger partial charge in [0.1, 0.15) is 5.82 Å². The highest BCUT2D eigenvalue weighted by Crippen LogP contribution is 2.26. The van der Waals surface area contributed by atoms with Gasteiger partial charge in [-0.1, -0.05) is 12.1 Å². The minimum absolute atomic E-state index is 0.109. The van der Waals surface area contributed by atoms with Crippen molar-refractivity contribution in [3.63, 3.8) is 0 Å². The van der Waals surface area contributed by atoms with Crippen LogP contribution >= 0.6 is 0 Å². The van der Waals surface area contributed by atoms with Gasteiger partial charge in [0.15, 0.2) is 0 Å². The number of carbonyl (C=O) groups is 1. The number of hydrogen-bond acceptors (Lipinski definition) is 3. The summed E-state index contributed by atoms with van der Waals surface area (Å²) < 4.78 is 13.9. The lowest BCUT2D eigenvalue weighted by Crippen LogP contribution is -2.40. The zero-order valence-corrected chi connectivity index (χ0v) is 12.3. The number of nitrogens with one attached hydrogen (secondary N) is 1. The number of nitrogens with two attached hydrogens (primary N) is 1. The summed E-state index contributed by atoms with van der Waals surface area (Å²) in [5.74, 6) is 0.00422. The molecule has 0 bridgehead atoms. The number of amides is 1. The Morgan fingerprint density at radius 1 is 1.36 bits per heavy atom. The van der Waals surface area contributed by atoms with E-state index in [9.17, 15) is 9.18 Å². The Labute approximate surface area is 128 Å². The predicted molar refractivity (Wildman–Crippen MR) is 81.7 cm³/mol. The average molecular weight is 302 g/mol. The first kappa shape index (κ1) is 14.7. The Balaban J connectivity index is 1.83. The largest absolute Gasteiger partial charge is 0.339 e. The first-order valence-electron chi connectivity index (χ1n) is 7.48. The number of rotatable bonds is 3. The number of benzene rings is 1. The standard InChI is InChI=1S/C16H19FN4O/c17-14-4-2-1-3-12(14)15-13(10-19-20-15)16(22)21-7-5-11(9-18)6-8-21/h1-4,10-11H,5-9,18H2,(H,19,20). The second-order valence-corrected chi connectivity index (χ2v) is 5.61. The van der Waals surface area contributed by atoms with Crippen molar-refractivity contribution in [3.05, 3.63) is 41.8 Å². The highest BCUT2D eigenvalue weighted by Gasteiger charge is 2.26. The second kappa shape index (κ2) is 6.27. The molecular formula is C16H19FN4O. The fourth-order valence-corrected chi connectivity index (χ4v) is 2.86. The van der Waals surface area contributed by atoms with Crippen LogP contribution in [0.25, 0.3) is 11.3 Å². The van der Waals surface area contributed by atoms with Crippen molar-refractivity contribution in [2.24, 2.45) is 11.7 Å². The third kappa shape index (κ3) is 2.74. The average Bonchev–Trinajstić information content (AvgIpc) is 3.04. The summed E-state index contributed by atoms with van der Waals surface area (Å²) in [5.41, 5.74) is 6.88. The van der Waals surface area contributed by atoms with Gasteiger partial charge in [-0.25, -0.2) is 4.39 Å². The van der Waals surface area contributed by atoms with E-state index in [-0.39, 0.29) is 11.7 Å². The Morgan fingerprint density at radius 2 is 2.09 bits per heavy atom. The van der Waals surface area contributed by atoms with E-state index in [1.54, 1.807) is 23.1 Å². The molecule has 2 heterocycles. The highest BCUT2D eigenvalue weighted by molar-refractivity contribution is 5.99. The molecule has 2 aromatic rings. The van der Waals surface area contributed by atoms with Gasteiger partial charge >= 0.3 is 0 Å². The minimum atomic E-state index is -0.373. The van der Waals surface area contributed by atoms with Gasteiger partial charge in [-0.3, -0.25) is 9.89 Å². The normalized spacial score (nSPS) is 16.0. The number of hydrogen-bond donors (Lipinski definition) is 2. The van der Waals surface area contributed by atoms with Crippen LogP contribution in [0.5, 0.6) is 0 Å².